The smallest absolute Gasteiger partial charge is 0.234 e. The number of benzene rings is 1. The molecule has 1 aromatic carbocycles. The number of imidazole rings is 1. The molecule has 0 unspecified atom stereocenters. The summed E-state index contributed by atoms with van der Waals surface area (Å²) in [6, 6.07) is 6.76. The second kappa shape index (κ2) is 6.26. The van der Waals surface area contributed by atoms with E-state index >= 15 is 0 Å². The number of fused-ring (bicyclic) bond motifs is 1. The highest BCUT2D eigenvalue weighted by molar-refractivity contribution is 6.31. The van der Waals surface area contributed by atoms with Gasteiger partial charge in [0.25, 0.3) is 0 Å². The summed E-state index contributed by atoms with van der Waals surface area (Å²) in [5.74, 6) is 0.405. The van der Waals surface area contributed by atoms with E-state index in [4.69, 9.17) is 11.6 Å². The molecule has 120 valence electrons. The van der Waals surface area contributed by atoms with Crippen LogP contribution in [0.1, 0.15) is 22.6 Å². The molecule has 0 bridgehead atoms. The van der Waals surface area contributed by atoms with E-state index in [2.05, 4.69) is 9.97 Å². The average molecular weight is 333 g/mol. The topological polar surface area (TPSA) is 33.4 Å². The highest BCUT2D eigenvalue weighted by Crippen LogP contribution is 2.21. The Morgan fingerprint density at radius 3 is 2.74 bits per heavy atom. The summed E-state index contributed by atoms with van der Waals surface area (Å²) in [5.41, 5.74) is 3.43. The largest absolute Gasteiger partial charge is 0.296 e. The van der Waals surface area contributed by atoms with Crippen molar-refractivity contribution in [3.05, 3.63) is 63.9 Å². The predicted octanol–water partition coefficient (Wildman–Crippen LogP) is 3.77. The molecule has 0 atom stereocenters. The van der Waals surface area contributed by atoms with E-state index in [1.54, 1.807) is 12.1 Å². The first-order chi connectivity index (χ1) is 10.9. The molecule has 0 spiro atoms. The van der Waals surface area contributed by atoms with Gasteiger partial charge in [-0.15, -0.1) is 0 Å². The molecule has 23 heavy (non-hydrogen) atoms. The van der Waals surface area contributed by atoms with Crippen molar-refractivity contribution in [1.82, 2.24) is 19.3 Å². The van der Waals surface area contributed by atoms with E-state index in [9.17, 15) is 4.39 Å². The molecule has 3 aromatic rings. The first kappa shape index (κ1) is 15.9. The summed E-state index contributed by atoms with van der Waals surface area (Å²) < 4.78 is 15.8. The Bertz CT molecular complexity index is 839. The summed E-state index contributed by atoms with van der Waals surface area (Å²) in [6.45, 7) is 4.99. The van der Waals surface area contributed by atoms with Crippen LogP contribution in [0.5, 0.6) is 0 Å². The number of aryl methyl sites for hydroxylation is 2. The van der Waals surface area contributed by atoms with Crippen molar-refractivity contribution in [2.45, 2.75) is 26.9 Å². The second-order valence-corrected chi connectivity index (χ2v) is 6.22. The maximum absolute atomic E-state index is 13.9. The van der Waals surface area contributed by atoms with E-state index in [-0.39, 0.29) is 5.82 Å². The predicted molar refractivity (Wildman–Crippen MR) is 89.0 cm³/mol. The minimum atomic E-state index is -0.285. The van der Waals surface area contributed by atoms with Crippen LogP contribution in [0.3, 0.4) is 0 Å². The van der Waals surface area contributed by atoms with Gasteiger partial charge in [-0.1, -0.05) is 17.7 Å². The van der Waals surface area contributed by atoms with Crippen molar-refractivity contribution in [1.29, 1.82) is 0 Å². The summed E-state index contributed by atoms with van der Waals surface area (Å²) in [6.07, 6.45) is 1.97. The van der Waals surface area contributed by atoms with E-state index in [0.717, 1.165) is 17.1 Å². The maximum Gasteiger partial charge on any atom is 0.234 e. The van der Waals surface area contributed by atoms with Crippen molar-refractivity contribution in [3.8, 4) is 0 Å². The summed E-state index contributed by atoms with van der Waals surface area (Å²) >= 11 is 6.08. The number of halogens is 2. The van der Waals surface area contributed by atoms with Gasteiger partial charge in [0.15, 0.2) is 0 Å². The van der Waals surface area contributed by atoms with Crippen LogP contribution in [-0.4, -0.2) is 26.3 Å². The van der Waals surface area contributed by atoms with Gasteiger partial charge in [0.05, 0.1) is 5.69 Å². The Morgan fingerprint density at radius 1 is 1.22 bits per heavy atom. The van der Waals surface area contributed by atoms with Crippen molar-refractivity contribution >= 4 is 17.4 Å². The summed E-state index contributed by atoms with van der Waals surface area (Å²) in [5, 5.41) is 0.444. The van der Waals surface area contributed by atoms with E-state index in [1.165, 1.54) is 6.07 Å². The van der Waals surface area contributed by atoms with Crippen molar-refractivity contribution in [3.63, 3.8) is 0 Å². The molecular formula is C17H18ClFN4. The molecule has 0 radical (unpaired) electrons. The lowest BCUT2D eigenvalue weighted by atomic mass is 10.2. The molecule has 3 rings (SSSR count). The van der Waals surface area contributed by atoms with Crippen LogP contribution in [0.4, 0.5) is 4.39 Å². The lowest BCUT2D eigenvalue weighted by Gasteiger charge is -2.16. The lowest BCUT2D eigenvalue weighted by molar-refractivity contribution is 0.310. The fraction of sp³-hybridized carbons (Fsp3) is 0.294. The number of nitrogens with zero attached hydrogens (tertiary/aromatic N) is 4. The maximum atomic E-state index is 13.9. The van der Waals surface area contributed by atoms with Gasteiger partial charge in [-0.25, -0.2) is 14.4 Å². The minimum absolute atomic E-state index is 0.285. The van der Waals surface area contributed by atoms with Gasteiger partial charge < -0.3 is 0 Å². The Kier molecular flexibility index (Phi) is 4.33. The third-order valence-corrected chi connectivity index (χ3v) is 4.09. The van der Waals surface area contributed by atoms with Gasteiger partial charge in [-0.3, -0.25) is 9.30 Å². The van der Waals surface area contributed by atoms with Gasteiger partial charge >= 0.3 is 0 Å². The molecule has 0 fully saturated rings. The van der Waals surface area contributed by atoms with Gasteiger partial charge in [0.1, 0.15) is 5.82 Å². The van der Waals surface area contributed by atoms with Crippen LogP contribution in [-0.2, 0) is 13.1 Å². The molecule has 2 aromatic heterocycles. The van der Waals surface area contributed by atoms with Crippen molar-refractivity contribution in [2.75, 3.05) is 7.05 Å². The zero-order valence-corrected chi connectivity index (χ0v) is 14.1. The average Bonchev–Trinajstić information content (AvgIpc) is 2.85. The highest BCUT2D eigenvalue weighted by atomic mass is 35.5. The zero-order chi connectivity index (χ0) is 16.6. The molecule has 0 saturated heterocycles. The molecule has 0 saturated carbocycles. The Balaban J connectivity index is 1.80. The number of hydrogen-bond donors (Lipinski definition) is 0. The number of rotatable bonds is 4. The first-order valence-corrected chi connectivity index (χ1v) is 7.75. The summed E-state index contributed by atoms with van der Waals surface area (Å²) in [7, 11) is 1.91. The Morgan fingerprint density at radius 2 is 2.00 bits per heavy atom. The summed E-state index contributed by atoms with van der Waals surface area (Å²) in [4.78, 5) is 11.0. The Labute approximate surface area is 139 Å². The minimum Gasteiger partial charge on any atom is -0.296 e. The van der Waals surface area contributed by atoms with Crippen LogP contribution >= 0.6 is 11.6 Å². The number of hydrogen-bond acceptors (Lipinski definition) is 3. The third kappa shape index (κ3) is 3.35. The molecule has 0 aliphatic rings. The molecule has 0 aliphatic heterocycles. The molecule has 6 heteroatoms. The molecule has 0 amide bonds. The molecule has 0 aliphatic carbocycles. The highest BCUT2D eigenvalue weighted by Gasteiger charge is 2.12. The molecule has 2 heterocycles. The van der Waals surface area contributed by atoms with E-state index < -0.39 is 0 Å². The fourth-order valence-corrected chi connectivity index (χ4v) is 2.90. The first-order valence-electron chi connectivity index (χ1n) is 7.37. The molecule has 4 nitrogen and oxygen atoms in total. The van der Waals surface area contributed by atoms with Gasteiger partial charge in [0.2, 0.25) is 5.78 Å². The number of aromatic nitrogens is 3. The van der Waals surface area contributed by atoms with Crippen LogP contribution in [0.15, 0.2) is 30.5 Å². The van der Waals surface area contributed by atoms with E-state index in [1.807, 2.05) is 42.5 Å². The van der Waals surface area contributed by atoms with Crippen molar-refractivity contribution in [2.24, 2.45) is 0 Å². The van der Waals surface area contributed by atoms with Crippen LogP contribution in [0.25, 0.3) is 5.78 Å². The van der Waals surface area contributed by atoms with Gasteiger partial charge in [-0.2, -0.15) is 0 Å². The van der Waals surface area contributed by atoms with Gasteiger partial charge in [-0.05, 0) is 39.1 Å². The van der Waals surface area contributed by atoms with Crippen LogP contribution in [0.2, 0.25) is 5.02 Å². The van der Waals surface area contributed by atoms with E-state index in [0.29, 0.717) is 29.5 Å². The quantitative estimate of drug-likeness (QED) is 0.729. The molecule has 0 N–H and O–H groups in total. The van der Waals surface area contributed by atoms with Crippen LogP contribution < -0.4 is 0 Å². The second-order valence-electron chi connectivity index (χ2n) is 5.81. The SMILES string of the molecule is Cc1cc(C)n2cc(CN(C)Cc3c(F)cccc3Cl)nc2n1. The van der Waals surface area contributed by atoms with Crippen molar-refractivity contribution < 1.29 is 4.39 Å². The normalized spacial score (nSPS) is 11.6. The lowest BCUT2D eigenvalue weighted by Crippen LogP contribution is -2.18. The zero-order valence-electron chi connectivity index (χ0n) is 13.3. The monoisotopic (exact) mass is 332 g/mol. The Hall–Kier alpha value is -1.98. The van der Waals surface area contributed by atoms with Gasteiger partial charge in [0, 0.05) is 41.3 Å². The van der Waals surface area contributed by atoms with Crippen LogP contribution in [0, 0.1) is 19.7 Å². The third-order valence-electron chi connectivity index (χ3n) is 3.73. The fourth-order valence-electron chi connectivity index (χ4n) is 2.68. The molecular weight excluding hydrogens is 315 g/mol. The standard InChI is InChI=1S/C17H18ClFN4/c1-11-7-12(2)23-9-13(21-17(23)20-11)8-22(3)10-14-15(18)5-4-6-16(14)19/h4-7,9H,8,10H2,1-3H3.